The van der Waals surface area contributed by atoms with Gasteiger partial charge in [-0.05, 0) is 59.9 Å². The summed E-state index contributed by atoms with van der Waals surface area (Å²) in [5.74, 6) is 0.784. The van der Waals surface area contributed by atoms with Crippen LogP contribution < -0.4 is 5.46 Å². The molecule has 15 heavy (non-hydrogen) atoms. The van der Waals surface area contributed by atoms with Crippen molar-refractivity contribution in [1.29, 1.82) is 0 Å². The molecule has 1 aromatic carbocycles. The second-order valence-corrected chi connectivity index (χ2v) is 5.73. The lowest BCUT2D eigenvalue weighted by atomic mass is 9.81. The number of halogens is 1. The Kier molecular flexibility index (Phi) is 3.75. The van der Waals surface area contributed by atoms with E-state index in [1.807, 2.05) is 0 Å². The van der Waals surface area contributed by atoms with E-state index >= 15 is 0 Å². The van der Waals surface area contributed by atoms with E-state index in [9.17, 15) is 0 Å². The number of hydrogen-bond acceptors (Lipinski definition) is 0. The van der Waals surface area contributed by atoms with Gasteiger partial charge in [0.2, 0.25) is 0 Å². The summed E-state index contributed by atoms with van der Waals surface area (Å²) in [6.45, 7) is 2.11. The fourth-order valence-electron chi connectivity index (χ4n) is 2.45. The van der Waals surface area contributed by atoms with E-state index < -0.39 is 0 Å². The van der Waals surface area contributed by atoms with E-state index in [1.165, 1.54) is 46.8 Å². The van der Waals surface area contributed by atoms with Crippen molar-refractivity contribution >= 4 is 35.9 Å². The van der Waals surface area contributed by atoms with Crippen LogP contribution in [0, 0.1) is 10.5 Å². The van der Waals surface area contributed by atoms with Crippen LogP contribution in [0.2, 0.25) is 0 Å². The first-order valence-corrected chi connectivity index (χ1v) is 6.82. The Hall–Kier alpha value is 0.0149. The summed E-state index contributed by atoms with van der Waals surface area (Å²) in [6, 6.07) is 4.56. The second-order valence-electron chi connectivity index (χ2n) is 4.57. The van der Waals surface area contributed by atoms with Gasteiger partial charge in [0.05, 0.1) is 0 Å². The van der Waals surface area contributed by atoms with E-state index in [2.05, 4.69) is 41.6 Å². The summed E-state index contributed by atoms with van der Waals surface area (Å²) in [7, 11) is 5.97. The molecule has 1 fully saturated rings. The number of benzene rings is 1. The molecule has 0 N–H and O–H groups in total. The zero-order valence-electron chi connectivity index (χ0n) is 9.22. The van der Waals surface area contributed by atoms with Crippen molar-refractivity contribution in [3.8, 4) is 0 Å². The minimum atomic E-state index is 0.784. The summed E-state index contributed by atoms with van der Waals surface area (Å²) in [5.41, 5.74) is 3.70. The predicted octanol–water partition coefficient (Wildman–Crippen LogP) is 3.44. The normalized spacial score (nSPS) is 18.0. The van der Waals surface area contributed by atoms with Crippen molar-refractivity contribution in [3.05, 3.63) is 26.8 Å². The maximum Gasteiger partial charge on any atom is 0.115 e. The topological polar surface area (TPSA) is 0 Å². The Bertz CT molecular complexity index is 331. The molecule has 0 nitrogen and oxygen atoms in total. The number of aryl methyl sites for hydroxylation is 1. The van der Waals surface area contributed by atoms with Gasteiger partial charge in [-0.25, -0.2) is 0 Å². The Balaban J connectivity index is 2.27. The van der Waals surface area contributed by atoms with Crippen molar-refractivity contribution in [2.45, 2.75) is 44.9 Å². The van der Waals surface area contributed by atoms with Crippen LogP contribution in [-0.4, -0.2) is 7.85 Å². The zero-order valence-corrected chi connectivity index (χ0v) is 11.4. The van der Waals surface area contributed by atoms with E-state index in [4.69, 9.17) is 7.85 Å². The van der Waals surface area contributed by atoms with Crippen LogP contribution in [-0.2, 0) is 0 Å². The minimum Gasteiger partial charge on any atom is -0.0807 e. The van der Waals surface area contributed by atoms with Crippen LogP contribution in [0.15, 0.2) is 12.1 Å². The lowest BCUT2D eigenvalue weighted by Gasteiger charge is -2.23. The van der Waals surface area contributed by atoms with Crippen LogP contribution in [0.4, 0.5) is 0 Å². The van der Waals surface area contributed by atoms with Crippen molar-refractivity contribution < 1.29 is 0 Å². The average molecular weight is 310 g/mol. The SMILES string of the molecule is [B]c1c(C)cc(C2CCCCC2)cc1I. The molecule has 0 aliphatic heterocycles. The van der Waals surface area contributed by atoms with E-state index in [0.717, 1.165) is 11.4 Å². The number of rotatable bonds is 1. The van der Waals surface area contributed by atoms with Gasteiger partial charge in [-0.2, -0.15) is 0 Å². The third-order valence-electron chi connectivity index (χ3n) is 3.44. The van der Waals surface area contributed by atoms with Crippen LogP contribution in [0.3, 0.4) is 0 Å². The predicted molar refractivity (Wildman–Crippen MR) is 75.1 cm³/mol. The zero-order chi connectivity index (χ0) is 10.8. The highest BCUT2D eigenvalue weighted by molar-refractivity contribution is 14.1. The van der Waals surface area contributed by atoms with Gasteiger partial charge in [0.15, 0.2) is 0 Å². The van der Waals surface area contributed by atoms with Crippen LogP contribution in [0.1, 0.15) is 49.1 Å². The van der Waals surface area contributed by atoms with Gasteiger partial charge in [0.25, 0.3) is 0 Å². The van der Waals surface area contributed by atoms with Crippen molar-refractivity contribution in [3.63, 3.8) is 0 Å². The Morgan fingerprint density at radius 1 is 1.20 bits per heavy atom. The molecule has 2 radical (unpaired) electrons. The minimum absolute atomic E-state index is 0.784. The first kappa shape index (κ1) is 11.5. The Labute approximate surface area is 107 Å². The van der Waals surface area contributed by atoms with Crippen LogP contribution >= 0.6 is 22.6 Å². The summed E-state index contributed by atoms with van der Waals surface area (Å²) in [6.07, 6.45) is 6.93. The molecular weight excluding hydrogens is 294 g/mol. The number of hydrogen-bond donors (Lipinski definition) is 0. The molecule has 0 amide bonds. The molecule has 1 aliphatic carbocycles. The molecule has 1 saturated carbocycles. The molecule has 78 valence electrons. The van der Waals surface area contributed by atoms with E-state index in [-0.39, 0.29) is 0 Å². The Morgan fingerprint density at radius 3 is 2.47 bits per heavy atom. The first-order valence-electron chi connectivity index (χ1n) is 5.74. The highest BCUT2D eigenvalue weighted by Crippen LogP contribution is 2.33. The van der Waals surface area contributed by atoms with E-state index in [0.29, 0.717) is 0 Å². The van der Waals surface area contributed by atoms with Gasteiger partial charge in [-0.1, -0.05) is 36.4 Å². The van der Waals surface area contributed by atoms with Crippen molar-refractivity contribution in [2.75, 3.05) is 0 Å². The standard InChI is InChI=1S/C13H16BI/c1-9-7-11(8-12(15)13(9)14)10-5-3-2-4-6-10/h7-8,10H,2-6H2,1H3. The quantitative estimate of drug-likeness (QED) is 0.551. The smallest absolute Gasteiger partial charge is 0.0807 e. The maximum absolute atomic E-state index is 5.97. The molecule has 0 saturated heterocycles. The highest BCUT2D eigenvalue weighted by Gasteiger charge is 2.16. The van der Waals surface area contributed by atoms with Crippen molar-refractivity contribution in [1.82, 2.24) is 0 Å². The molecule has 0 bridgehead atoms. The molecule has 1 aromatic rings. The van der Waals surface area contributed by atoms with Gasteiger partial charge in [-0.15, -0.1) is 0 Å². The molecule has 2 rings (SSSR count). The molecule has 2 heteroatoms. The summed E-state index contributed by atoms with van der Waals surface area (Å²) >= 11 is 2.35. The molecule has 0 spiro atoms. The van der Waals surface area contributed by atoms with Crippen LogP contribution in [0.5, 0.6) is 0 Å². The summed E-state index contributed by atoms with van der Waals surface area (Å²) < 4.78 is 1.22. The summed E-state index contributed by atoms with van der Waals surface area (Å²) in [5, 5.41) is 0. The lowest BCUT2D eigenvalue weighted by molar-refractivity contribution is 0.443. The largest absolute Gasteiger partial charge is 0.115 e. The molecular formula is C13H16BI. The van der Waals surface area contributed by atoms with Gasteiger partial charge < -0.3 is 0 Å². The molecule has 0 unspecified atom stereocenters. The van der Waals surface area contributed by atoms with E-state index in [1.54, 1.807) is 0 Å². The first-order chi connectivity index (χ1) is 7.18. The van der Waals surface area contributed by atoms with Gasteiger partial charge in [0, 0.05) is 3.57 Å². The van der Waals surface area contributed by atoms with Gasteiger partial charge >= 0.3 is 0 Å². The fourth-order valence-corrected chi connectivity index (χ4v) is 3.24. The molecule has 0 heterocycles. The summed E-state index contributed by atoms with van der Waals surface area (Å²) in [4.78, 5) is 0. The molecule has 0 aromatic heterocycles. The van der Waals surface area contributed by atoms with Crippen LogP contribution in [0.25, 0.3) is 0 Å². The molecule has 1 aliphatic rings. The third kappa shape index (κ3) is 2.58. The fraction of sp³-hybridized carbons (Fsp3) is 0.538. The maximum atomic E-state index is 5.97. The monoisotopic (exact) mass is 310 g/mol. The lowest BCUT2D eigenvalue weighted by Crippen LogP contribution is -2.14. The highest BCUT2D eigenvalue weighted by atomic mass is 127. The molecule has 0 atom stereocenters. The van der Waals surface area contributed by atoms with Gasteiger partial charge in [-0.3, -0.25) is 0 Å². The Morgan fingerprint density at radius 2 is 1.87 bits per heavy atom. The average Bonchev–Trinajstić information content (AvgIpc) is 2.26. The van der Waals surface area contributed by atoms with Crippen molar-refractivity contribution in [2.24, 2.45) is 0 Å². The third-order valence-corrected chi connectivity index (χ3v) is 4.33. The second kappa shape index (κ2) is 4.90. The van der Waals surface area contributed by atoms with Gasteiger partial charge in [0.1, 0.15) is 7.85 Å².